The lowest BCUT2D eigenvalue weighted by molar-refractivity contribution is -0.00706. The second-order valence-corrected chi connectivity index (χ2v) is 15.9. The molecule has 1 heterocycles. The van der Waals surface area contributed by atoms with Crippen molar-refractivity contribution in [2.45, 2.75) is 78.4 Å². The van der Waals surface area contributed by atoms with E-state index in [4.69, 9.17) is 37.9 Å². The Kier molecular flexibility index (Phi) is 13.6. The first-order valence-electron chi connectivity index (χ1n) is 19.4. The third-order valence-corrected chi connectivity index (χ3v) is 9.12. The van der Waals surface area contributed by atoms with Crippen molar-refractivity contribution in [3.8, 4) is 23.0 Å². The van der Waals surface area contributed by atoms with E-state index < -0.39 is 11.2 Å². The third kappa shape index (κ3) is 11.2. The Bertz CT molecular complexity index is 1600. The number of ether oxygens (including phenoxy) is 8. The van der Waals surface area contributed by atoms with Crippen molar-refractivity contribution in [1.82, 2.24) is 0 Å². The number of fused-ring (bicyclic) bond motifs is 2. The van der Waals surface area contributed by atoms with Crippen LogP contribution in [0.3, 0.4) is 0 Å². The van der Waals surface area contributed by atoms with Crippen LogP contribution in [0, 0.1) is 0 Å². The Balaban J connectivity index is 1.52. The molecule has 54 heavy (non-hydrogen) atoms. The maximum atomic E-state index is 6.84. The summed E-state index contributed by atoms with van der Waals surface area (Å²) in [6.07, 6.45) is 2.52. The van der Waals surface area contributed by atoms with Gasteiger partial charge in [0.05, 0.1) is 52.9 Å². The van der Waals surface area contributed by atoms with Gasteiger partial charge in [0.1, 0.15) is 47.4 Å². The lowest BCUT2D eigenvalue weighted by atomic mass is 9.91. The second kappa shape index (κ2) is 18.5. The third-order valence-electron chi connectivity index (χ3n) is 9.12. The average Bonchev–Trinajstić information content (AvgIpc) is 3.10. The first kappa shape index (κ1) is 39.6. The molecule has 0 N–H and O–H groups in total. The number of para-hydroxylation sites is 4. The minimum atomic E-state index is -0.413. The van der Waals surface area contributed by atoms with Crippen molar-refractivity contribution in [2.75, 3.05) is 66.1 Å². The van der Waals surface area contributed by atoms with Gasteiger partial charge in [-0.25, -0.2) is 0 Å². The van der Waals surface area contributed by atoms with Gasteiger partial charge in [-0.1, -0.05) is 72.8 Å². The van der Waals surface area contributed by atoms with Crippen LogP contribution in [0.25, 0.3) is 0 Å². The zero-order valence-corrected chi connectivity index (χ0v) is 33.1. The van der Waals surface area contributed by atoms with Crippen molar-refractivity contribution in [1.29, 1.82) is 0 Å². The van der Waals surface area contributed by atoms with Gasteiger partial charge in [-0.2, -0.15) is 0 Å². The van der Waals surface area contributed by atoms with Crippen LogP contribution in [-0.4, -0.2) is 77.3 Å². The minimum Gasteiger partial charge on any atom is -0.491 e. The fraction of sp³-hybridized carbons (Fsp3) is 0.478. The largest absolute Gasteiger partial charge is 0.491 e. The van der Waals surface area contributed by atoms with Crippen LogP contribution in [0.5, 0.6) is 23.0 Å². The van der Waals surface area contributed by atoms with E-state index in [9.17, 15) is 0 Å². The first-order valence-corrected chi connectivity index (χ1v) is 19.4. The van der Waals surface area contributed by atoms with Gasteiger partial charge >= 0.3 is 0 Å². The van der Waals surface area contributed by atoms with Crippen LogP contribution < -0.4 is 18.9 Å². The quantitative estimate of drug-likeness (QED) is 0.179. The van der Waals surface area contributed by atoms with Crippen molar-refractivity contribution in [3.05, 3.63) is 117 Å². The average molecular weight is 739 g/mol. The molecule has 8 heteroatoms. The number of hydrogen-bond donors (Lipinski definition) is 0. The van der Waals surface area contributed by atoms with E-state index in [-0.39, 0.29) is 0 Å². The van der Waals surface area contributed by atoms with E-state index in [0.717, 1.165) is 67.5 Å². The van der Waals surface area contributed by atoms with Gasteiger partial charge in [0, 0.05) is 25.7 Å². The van der Waals surface area contributed by atoms with Crippen LogP contribution in [0.1, 0.15) is 86.1 Å². The SMILES string of the molecule is CC(C)(C)Oc1c2cccc1Cc1cccc3c1OCCOCCOCCOCCOCCOc1c(cccc1Cc1cccc(c1OC(C)(C)C)C3)C2. The second-order valence-electron chi connectivity index (χ2n) is 15.9. The molecule has 0 atom stereocenters. The van der Waals surface area contributed by atoms with Crippen molar-refractivity contribution < 1.29 is 37.9 Å². The molecule has 290 valence electrons. The summed E-state index contributed by atoms with van der Waals surface area (Å²) >= 11 is 0. The molecule has 1 aliphatic heterocycles. The molecule has 1 aliphatic carbocycles. The van der Waals surface area contributed by atoms with E-state index in [2.05, 4.69) is 114 Å². The maximum Gasteiger partial charge on any atom is 0.127 e. The summed E-state index contributed by atoms with van der Waals surface area (Å²) in [5.74, 6) is 3.53. The molecule has 6 rings (SSSR count). The maximum absolute atomic E-state index is 6.84. The Morgan fingerprint density at radius 2 is 0.593 bits per heavy atom. The van der Waals surface area contributed by atoms with Gasteiger partial charge in [0.15, 0.2) is 0 Å². The first-order chi connectivity index (χ1) is 26.0. The molecule has 0 saturated carbocycles. The summed E-state index contributed by atoms with van der Waals surface area (Å²) in [6, 6.07) is 25.9. The van der Waals surface area contributed by atoms with Crippen LogP contribution in [-0.2, 0) is 44.6 Å². The van der Waals surface area contributed by atoms with Crippen molar-refractivity contribution in [2.24, 2.45) is 0 Å². The van der Waals surface area contributed by atoms with Gasteiger partial charge in [-0.3, -0.25) is 0 Å². The lowest BCUT2D eigenvalue weighted by Gasteiger charge is -2.28. The Hall–Kier alpha value is -4.08. The van der Waals surface area contributed by atoms with E-state index >= 15 is 0 Å². The molecule has 0 unspecified atom stereocenters. The summed E-state index contributed by atoms with van der Waals surface area (Å²) in [4.78, 5) is 0. The highest BCUT2D eigenvalue weighted by atomic mass is 16.6. The Labute approximate surface area is 322 Å². The highest BCUT2D eigenvalue weighted by Gasteiger charge is 2.25. The summed E-state index contributed by atoms with van der Waals surface area (Å²) in [6.45, 7) is 17.2. The molecule has 0 aromatic heterocycles. The fourth-order valence-electron chi connectivity index (χ4n) is 6.90. The van der Waals surface area contributed by atoms with Crippen LogP contribution in [0.2, 0.25) is 0 Å². The highest BCUT2D eigenvalue weighted by Crippen LogP contribution is 2.40. The molecule has 4 aromatic rings. The van der Waals surface area contributed by atoms with E-state index in [1.165, 1.54) is 0 Å². The predicted molar refractivity (Wildman–Crippen MR) is 212 cm³/mol. The van der Waals surface area contributed by atoms with Crippen molar-refractivity contribution in [3.63, 3.8) is 0 Å². The van der Waals surface area contributed by atoms with Gasteiger partial charge in [-0.05, 0) is 86.1 Å². The number of hydrogen-bond acceptors (Lipinski definition) is 8. The van der Waals surface area contributed by atoms with Gasteiger partial charge in [0.2, 0.25) is 0 Å². The summed E-state index contributed by atoms with van der Waals surface area (Å²) in [7, 11) is 0. The van der Waals surface area contributed by atoms with Gasteiger partial charge < -0.3 is 37.9 Å². The summed E-state index contributed by atoms with van der Waals surface area (Å²) < 4.78 is 50.4. The topological polar surface area (TPSA) is 73.8 Å². The standard InChI is InChI=1S/C46H58O8/c1-45(2,3)53-43-37-15-9-16-38(43)30-34-12-8-14-36-32-40-18-10-17-39(44(40)54-46(4,5)6)31-35-13-7-11-33(29-37)41(35)51-27-25-49-23-21-47-19-20-48-22-24-50-26-28-52-42(34)36/h7-18H,19-32H2,1-6H3. The zero-order valence-electron chi connectivity index (χ0n) is 33.1. The molecular weight excluding hydrogens is 680 g/mol. The van der Waals surface area contributed by atoms with E-state index in [1.807, 2.05) is 0 Å². The molecule has 0 amide bonds. The fourth-order valence-corrected chi connectivity index (χ4v) is 6.90. The lowest BCUT2D eigenvalue weighted by Crippen LogP contribution is -2.25. The molecule has 10 bridgehead atoms. The minimum absolute atomic E-state index is 0.404. The van der Waals surface area contributed by atoms with Crippen LogP contribution in [0.15, 0.2) is 72.8 Å². The molecule has 2 aliphatic rings. The van der Waals surface area contributed by atoms with Crippen molar-refractivity contribution >= 4 is 0 Å². The highest BCUT2D eigenvalue weighted by molar-refractivity contribution is 5.56. The van der Waals surface area contributed by atoms with Gasteiger partial charge in [0.25, 0.3) is 0 Å². The molecule has 0 radical (unpaired) electrons. The smallest absolute Gasteiger partial charge is 0.127 e. The Morgan fingerprint density at radius 1 is 0.352 bits per heavy atom. The monoisotopic (exact) mass is 738 g/mol. The summed E-state index contributed by atoms with van der Waals surface area (Å²) in [5, 5.41) is 0. The molecule has 0 spiro atoms. The predicted octanol–water partition coefficient (Wildman–Crippen LogP) is 8.56. The van der Waals surface area contributed by atoms with Crippen LogP contribution >= 0.6 is 0 Å². The molecule has 0 fully saturated rings. The van der Waals surface area contributed by atoms with Crippen LogP contribution in [0.4, 0.5) is 0 Å². The molecule has 4 aromatic carbocycles. The number of rotatable bonds is 2. The number of benzene rings is 4. The van der Waals surface area contributed by atoms with E-state index in [0.29, 0.717) is 91.8 Å². The van der Waals surface area contributed by atoms with E-state index in [1.54, 1.807) is 0 Å². The molecular formula is C46H58O8. The summed E-state index contributed by atoms with van der Waals surface area (Å²) in [5.41, 5.74) is 7.93. The zero-order chi connectivity index (χ0) is 38.0. The normalized spacial score (nSPS) is 16.8. The van der Waals surface area contributed by atoms with Gasteiger partial charge in [-0.15, -0.1) is 0 Å². The Morgan fingerprint density at radius 3 is 0.852 bits per heavy atom. The molecule has 8 nitrogen and oxygen atoms in total. The molecule has 0 saturated heterocycles.